The first-order chi connectivity index (χ1) is 22.5. The number of ether oxygens (including phenoxy) is 1. The predicted molar refractivity (Wildman–Crippen MR) is 169 cm³/mol. The summed E-state index contributed by atoms with van der Waals surface area (Å²) in [5, 5.41) is 5.66. The fourth-order valence-corrected chi connectivity index (χ4v) is 9.45. The highest BCUT2D eigenvalue weighted by Gasteiger charge is 2.50. The summed E-state index contributed by atoms with van der Waals surface area (Å²) in [4.78, 5) is 19.4. The van der Waals surface area contributed by atoms with Gasteiger partial charge in [0.2, 0.25) is 0 Å². The van der Waals surface area contributed by atoms with Crippen LogP contribution in [-0.4, -0.2) is 75.9 Å². The van der Waals surface area contributed by atoms with Crippen LogP contribution < -0.4 is 15.0 Å². The minimum Gasteiger partial charge on any atom is -0.461 e. The van der Waals surface area contributed by atoms with Crippen molar-refractivity contribution in [1.29, 1.82) is 0 Å². The summed E-state index contributed by atoms with van der Waals surface area (Å²) in [5.41, 5.74) is 1.26. The van der Waals surface area contributed by atoms with Crippen molar-refractivity contribution in [2.24, 2.45) is 0 Å². The smallest absolute Gasteiger partial charge is 0.319 e. The van der Waals surface area contributed by atoms with Gasteiger partial charge in [0.25, 0.3) is 0 Å². The summed E-state index contributed by atoms with van der Waals surface area (Å²) in [5.74, 6) is 5.81. The quantitative estimate of drug-likeness (QED) is 0.297. The summed E-state index contributed by atoms with van der Waals surface area (Å²) in [6, 6.07) is 9.44. The van der Waals surface area contributed by atoms with Gasteiger partial charge >= 0.3 is 6.01 Å². The highest BCUT2D eigenvalue weighted by Crippen LogP contribution is 2.46. The molecule has 1 N–H and O–H groups in total. The third-order valence-corrected chi connectivity index (χ3v) is 11.5. The molecule has 0 aliphatic carbocycles. The van der Waals surface area contributed by atoms with E-state index in [4.69, 9.17) is 19.7 Å². The molecule has 0 spiro atoms. The Bertz CT molecular complexity index is 2030. The second-order valence-electron chi connectivity index (χ2n) is 14.1. The monoisotopic (exact) mass is 622 g/mol. The summed E-state index contributed by atoms with van der Waals surface area (Å²) in [7, 11) is 0. The van der Waals surface area contributed by atoms with Gasteiger partial charge in [0, 0.05) is 48.6 Å². The van der Waals surface area contributed by atoms with Crippen LogP contribution in [0.5, 0.6) is 6.01 Å². The minimum absolute atomic E-state index is 0.0976. The molecule has 7 nitrogen and oxygen atoms in total. The van der Waals surface area contributed by atoms with Crippen molar-refractivity contribution >= 4 is 27.5 Å². The lowest BCUT2D eigenvalue weighted by Crippen LogP contribution is -2.58. The van der Waals surface area contributed by atoms with E-state index in [-0.39, 0.29) is 47.4 Å². The van der Waals surface area contributed by atoms with E-state index in [2.05, 4.69) is 27.0 Å². The SMILES string of the molecule is Fc1ccc2cccc3c2c1C#C[C@@H]1CC[C@@H]2[C@@H]4CC[C@H](CN2c2nc(OC[C@@]56CCCN5C[C@H](F)C6)nc5c(F)c-3nc1c25)N4. The van der Waals surface area contributed by atoms with E-state index in [1.165, 1.54) is 6.07 Å². The number of hydrogen-bond acceptors (Lipinski definition) is 7. The summed E-state index contributed by atoms with van der Waals surface area (Å²) in [6.07, 6.45) is 5.03. The molecular weight excluding hydrogens is 589 g/mol. The second kappa shape index (κ2) is 9.79. The standard InChI is InChI=1S/C36H33F3N6O/c37-21-15-36(13-2-14-44(36)16-21)18-46-35-42-33-29-31-20(7-12-27-26-11-8-22(40-26)17-45(27)34(29)43-35)5-9-23-25(38)10-6-19-3-1-4-24(28(19)23)32(41-31)30(33)39/h1,3-4,6,10,20-22,26-27,40H,2,7-8,11-18H2/t20-,21-,22-,26+,27-,36+/m1/s1. The molecule has 8 heterocycles. The molecule has 234 valence electrons. The first kappa shape index (κ1) is 27.2. The van der Waals surface area contributed by atoms with Crippen molar-refractivity contribution in [1.82, 2.24) is 25.2 Å². The minimum atomic E-state index is -0.886. The van der Waals surface area contributed by atoms with Gasteiger partial charge < -0.3 is 15.0 Å². The molecule has 4 aromatic rings. The van der Waals surface area contributed by atoms with E-state index in [0.717, 1.165) is 50.6 Å². The number of nitrogens with zero attached hydrogens (tertiary/aromatic N) is 5. The van der Waals surface area contributed by atoms with Crippen LogP contribution in [0.15, 0.2) is 30.3 Å². The molecule has 4 fully saturated rings. The number of anilines is 1. The van der Waals surface area contributed by atoms with Crippen molar-refractivity contribution in [3.8, 4) is 29.1 Å². The van der Waals surface area contributed by atoms with Crippen LogP contribution in [0.1, 0.15) is 62.1 Å². The number of rotatable bonds is 3. The molecule has 10 heteroatoms. The van der Waals surface area contributed by atoms with Crippen LogP contribution in [-0.2, 0) is 0 Å². The van der Waals surface area contributed by atoms with Crippen LogP contribution >= 0.6 is 0 Å². The molecule has 2 aromatic heterocycles. The molecule has 0 unspecified atom stereocenters. The van der Waals surface area contributed by atoms with E-state index in [1.54, 1.807) is 12.1 Å². The van der Waals surface area contributed by atoms with Gasteiger partial charge in [-0.3, -0.25) is 4.90 Å². The topological polar surface area (TPSA) is 66.4 Å². The van der Waals surface area contributed by atoms with Gasteiger partial charge in [-0.1, -0.05) is 36.1 Å². The molecule has 4 saturated heterocycles. The first-order valence-corrected chi connectivity index (χ1v) is 16.6. The number of halogens is 3. The normalized spacial score (nSPS) is 30.7. The van der Waals surface area contributed by atoms with Gasteiger partial charge in [-0.15, -0.1) is 0 Å². The molecule has 46 heavy (non-hydrogen) atoms. The zero-order chi connectivity index (χ0) is 30.7. The maximum Gasteiger partial charge on any atom is 0.319 e. The Kier molecular flexibility index (Phi) is 5.79. The summed E-state index contributed by atoms with van der Waals surface area (Å²) in [6.45, 7) is 2.26. The molecule has 6 aliphatic heterocycles. The fourth-order valence-electron chi connectivity index (χ4n) is 9.45. The van der Waals surface area contributed by atoms with Crippen molar-refractivity contribution in [3.05, 3.63) is 53.2 Å². The van der Waals surface area contributed by atoms with Crippen LogP contribution in [0.3, 0.4) is 0 Å². The molecule has 2 aromatic carbocycles. The second-order valence-corrected chi connectivity index (χ2v) is 14.1. The number of alkyl halides is 1. The lowest BCUT2D eigenvalue weighted by atomic mass is 9.88. The summed E-state index contributed by atoms with van der Waals surface area (Å²) < 4.78 is 53.6. The molecule has 0 saturated carbocycles. The highest BCUT2D eigenvalue weighted by molar-refractivity contribution is 6.03. The van der Waals surface area contributed by atoms with Gasteiger partial charge in [-0.25, -0.2) is 18.2 Å². The fraction of sp³-hybridized carbons (Fsp3) is 0.472. The van der Waals surface area contributed by atoms with E-state index < -0.39 is 23.3 Å². The van der Waals surface area contributed by atoms with Crippen LogP contribution in [0, 0.1) is 23.5 Å². The van der Waals surface area contributed by atoms with E-state index in [1.807, 2.05) is 12.1 Å². The van der Waals surface area contributed by atoms with Crippen LogP contribution in [0.25, 0.3) is 32.9 Å². The third kappa shape index (κ3) is 3.85. The van der Waals surface area contributed by atoms with E-state index in [9.17, 15) is 4.39 Å². The zero-order valence-corrected chi connectivity index (χ0v) is 25.3. The first-order valence-electron chi connectivity index (χ1n) is 16.6. The van der Waals surface area contributed by atoms with Crippen molar-refractivity contribution in [3.63, 3.8) is 0 Å². The average molecular weight is 623 g/mol. The van der Waals surface area contributed by atoms with E-state index in [0.29, 0.717) is 53.3 Å². The number of piperazine rings is 1. The Morgan fingerprint density at radius 3 is 2.89 bits per heavy atom. The largest absolute Gasteiger partial charge is 0.461 e. The molecule has 0 radical (unpaired) electrons. The molecule has 6 atom stereocenters. The molecule has 4 bridgehead atoms. The molecule has 0 amide bonds. The number of pyridine rings is 1. The Labute approximate surface area is 264 Å². The number of fused-ring (bicyclic) bond motifs is 8. The summed E-state index contributed by atoms with van der Waals surface area (Å²) >= 11 is 0. The Morgan fingerprint density at radius 1 is 1.02 bits per heavy atom. The average Bonchev–Trinajstić information content (AvgIpc) is 3.73. The maximum absolute atomic E-state index is 17.2. The highest BCUT2D eigenvalue weighted by atomic mass is 19.1. The lowest BCUT2D eigenvalue weighted by molar-refractivity contribution is 0.107. The van der Waals surface area contributed by atoms with Crippen LogP contribution in [0.4, 0.5) is 19.0 Å². The van der Waals surface area contributed by atoms with Gasteiger partial charge in [-0.05, 0) is 56.5 Å². The predicted octanol–water partition coefficient (Wildman–Crippen LogP) is 5.63. The van der Waals surface area contributed by atoms with Crippen molar-refractivity contribution < 1.29 is 17.9 Å². The lowest BCUT2D eigenvalue weighted by Gasteiger charge is -2.43. The van der Waals surface area contributed by atoms with Crippen molar-refractivity contribution in [2.45, 2.75) is 80.7 Å². The maximum atomic E-state index is 17.2. The number of aromatic nitrogens is 3. The Morgan fingerprint density at radius 2 is 1.96 bits per heavy atom. The molecule has 10 rings (SSSR count). The third-order valence-electron chi connectivity index (χ3n) is 11.5. The number of hydrogen-bond donors (Lipinski definition) is 1. The number of nitrogens with one attached hydrogen (secondary N) is 1. The number of benzene rings is 2. The van der Waals surface area contributed by atoms with Crippen molar-refractivity contribution in [2.75, 3.05) is 31.1 Å². The Hall–Kier alpha value is -3.94. The van der Waals surface area contributed by atoms with Gasteiger partial charge in [-0.2, -0.15) is 9.97 Å². The van der Waals surface area contributed by atoms with Crippen LogP contribution in [0.2, 0.25) is 0 Å². The molecular formula is C36H33F3N6O. The van der Waals surface area contributed by atoms with Gasteiger partial charge in [0.05, 0.1) is 28.1 Å². The van der Waals surface area contributed by atoms with Gasteiger partial charge in [0.1, 0.15) is 35.6 Å². The van der Waals surface area contributed by atoms with Gasteiger partial charge in [0.15, 0.2) is 5.82 Å². The Balaban J connectivity index is 1.22. The zero-order valence-electron chi connectivity index (χ0n) is 25.3. The molecule has 6 aliphatic rings. The van der Waals surface area contributed by atoms with E-state index >= 15 is 8.78 Å².